The van der Waals surface area contributed by atoms with Gasteiger partial charge in [-0.15, -0.1) is 0 Å². The second-order valence-corrected chi connectivity index (χ2v) is 6.93. The fourth-order valence-corrected chi connectivity index (χ4v) is 3.34. The van der Waals surface area contributed by atoms with Gasteiger partial charge in [-0.2, -0.15) is 13.5 Å². The van der Waals surface area contributed by atoms with Crippen molar-refractivity contribution in [3.05, 3.63) is 39.0 Å². The molecule has 1 aromatic heterocycles. The van der Waals surface area contributed by atoms with Crippen LogP contribution >= 0.6 is 27.5 Å². The van der Waals surface area contributed by atoms with Gasteiger partial charge < -0.3 is 5.73 Å². The number of hydrogen-bond donors (Lipinski definition) is 3. The molecule has 1 heterocycles. The highest BCUT2D eigenvalue weighted by Crippen LogP contribution is 2.27. The highest BCUT2D eigenvalue weighted by atomic mass is 79.9. The number of H-pyrrole nitrogens is 1. The van der Waals surface area contributed by atoms with E-state index in [1.165, 1.54) is 6.07 Å². The van der Waals surface area contributed by atoms with E-state index in [0.717, 1.165) is 0 Å². The van der Waals surface area contributed by atoms with Gasteiger partial charge in [0.2, 0.25) is 5.03 Å². The lowest BCUT2D eigenvalue weighted by Gasteiger charge is -2.08. The summed E-state index contributed by atoms with van der Waals surface area (Å²) in [5.74, 6) is 0. The first-order valence-electron chi connectivity index (χ1n) is 5.57. The first-order chi connectivity index (χ1) is 9.35. The number of aromatic nitrogens is 2. The molecule has 0 spiro atoms. The summed E-state index contributed by atoms with van der Waals surface area (Å²) in [6.45, 7) is 1.80. The molecular weight excluding hydrogens is 368 g/mol. The molecule has 2 rings (SSSR count). The molecule has 0 aliphatic rings. The first kappa shape index (κ1) is 15.3. The van der Waals surface area contributed by atoms with Gasteiger partial charge in [-0.05, 0) is 41.1 Å². The maximum absolute atomic E-state index is 12.3. The van der Waals surface area contributed by atoms with Crippen LogP contribution in [-0.2, 0) is 16.6 Å². The molecule has 0 aliphatic heterocycles. The fourth-order valence-electron chi connectivity index (χ4n) is 1.66. The molecule has 1 aromatic carbocycles. The number of nitrogens with zero attached hydrogens (tertiary/aromatic N) is 1. The number of benzene rings is 1. The molecule has 4 N–H and O–H groups in total. The van der Waals surface area contributed by atoms with Gasteiger partial charge in [0, 0.05) is 22.3 Å². The number of rotatable bonds is 4. The predicted molar refractivity (Wildman–Crippen MR) is 81.2 cm³/mol. The van der Waals surface area contributed by atoms with Crippen LogP contribution in [0, 0.1) is 6.92 Å². The normalized spacial score (nSPS) is 11.6. The van der Waals surface area contributed by atoms with Crippen molar-refractivity contribution in [3.63, 3.8) is 0 Å². The first-order valence-corrected chi connectivity index (χ1v) is 8.22. The smallest absolute Gasteiger partial charge is 0.281 e. The topological polar surface area (TPSA) is 101 Å². The van der Waals surface area contributed by atoms with E-state index in [9.17, 15) is 8.42 Å². The van der Waals surface area contributed by atoms with Crippen molar-refractivity contribution < 1.29 is 8.42 Å². The van der Waals surface area contributed by atoms with Crippen LogP contribution < -0.4 is 10.5 Å². The van der Waals surface area contributed by atoms with Crippen molar-refractivity contribution >= 4 is 43.2 Å². The lowest BCUT2D eigenvalue weighted by molar-refractivity contribution is 0.596. The van der Waals surface area contributed by atoms with Crippen LogP contribution in [0.5, 0.6) is 0 Å². The minimum atomic E-state index is -3.81. The van der Waals surface area contributed by atoms with Crippen molar-refractivity contribution in [1.29, 1.82) is 0 Å². The maximum atomic E-state index is 12.3. The highest BCUT2D eigenvalue weighted by Gasteiger charge is 2.23. The van der Waals surface area contributed by atoms with Crippen molar-refractivity contribution in [2.24, 2.45) is 5.73 Å². The summed E-state index contributed by atoms with van der Waals surface area (Å²) in [7, 11) is -3.81. The Labute approximate surface area is 129 Å². The Morgan fingerprint density at radius 2 is 2.20 bits per heavy atom. The Balaban J connectivity index is 2.38. The Bertz CT molecular complexity index is 745. The molecule has 0 bridgehead atoms. The van der Waals surface area contributed by atoms with E-state index in [4.69, 9.17) is 17.3 Å². The van der Waals surface area contributed by atoms with Crippen molar-refractivity contribution in [2.45, 2.75) is 18.5 Å². The third-order valence-electron chi connectivity index (χ3n) is 2.67. The number of sulfonamides is 1. The number of aryl methyl sites for hydroxylation is 1. The molecule has 0 saturated heterocycles. The second kappa shape index (κ2) is 5.72. The standard InChI is InChI=1S/C11H12BrClN4O2S/c1-6-8(5-14)11(16-15-6)20(18,19)17-7-2-3-9(12)10(13)4-7/h2-4,17H,5,14H2,1H3,(H,15,16). The van der Waals surface area contributed by atoms with E-state index >= 15 is 0 Å². The molecule has 20 heavy (non-hydrogen) atoms. The van der Waals surface area contributed by atoms with E-state index < -0.39 is 10.0 Å². The van der Waals surface area contributed by atoms with Gasteiger partial charge in [-0.25, -0.2) is 0 Å². The molecule has 0 aliphatic carbocycles. The summed E-state index contributed by atoms with van der Waals surface area (Å²) in [5.41, 5.74) is 6.98. The van der Waals surface area contributed by atoms with Gasteiger partial charge in [0.15, 0.2) is 0 Å². The molecular formula is C11H12BrClN4O2S. The lowest BCUT2D eigenvalue weighted by Crippen LogP contribution is -2.16. The zero-order chi connectivity index (χ0) is 14.9. The second-order valence-electron chi connectivity index (χ2n) is 4.07. The average Bonchev–Trinajstić information content (AvgIpc) is 2.75. The van der Waals surface area contributed by atoms with Crippen molar-refractivity contribution in [2.75, 3.05) is 4.72 Å². The molecule has 9 heteroatoms. The molecule has 0 unspecified atom stereocenters. The number of nitrogens with two attached hydrogens (primary N) is 1. The van der Waals surface area contributed by atoms with Crippen LogP contribution in [0.15, 0.2) is 27.7 Å². The van der Waals surface area contributed by atoms with Gasteiger partial charge >= 0.3 is 0 Å². The number of aromatic amines is 1. The number of nitrogens with one attached hydrogen (secondary N) is 2. The Morgan fingerprint density at radius 1 is 1.50 bits per heavy atom. The van der Waals surface area contributed by atoms with E-state index in [0.29, 0.717) is 26.4 Å². The lowest BCUT2D eigenvalue weighted by atomic mass is 10.3. The summed E-state index contributed by atoms with van der Waals surface area (Å²) in [6.07, 6.45) is 0. The number of anilines is 1. The monoisotopic (exact) mass is 378 g/mol. The van der Waals surface area contributed by atoms with Crippen LogP contribution in [0.3, 0.4) is 0 Å². The minimum absolute atomic E-state index is 0.0830. The van der Waals surface area contributed by atoms with E-state index in [1.807, 2.05) is 0 Å². The summed E-state index contributed by atoms with van der Waals surface area (Å²) in [4.78, 5) is 0. The Kier molecular flexibility index (Phi) is 4.38. The van der Waals surface area contributed by atoms with Gasteiger partial charge in [-0.3, -0.25) is 9.82 Å². The molecule has 2 aromatic rings. The van der Waals surface area contributed by atoms with Crippen molar-refractivity contribution in [3.8, 4) is 0 Å². The number of halogens is 2. The SMILES string of the molecule is Cc1[nH]nc(S(=O)(=O)Nc2ccc(Br)c(Cl)c2)c1CN. The molecule has 0 atom stereocenters. The van der Waals surface area contributed by atoms with Crippen molar-refractivity contribution in [1.82, 2.24) is 10.2 Å². The van der Waals surface area contributed by atoms with Gasteiger partial charge in [0.05, 0.1) is 10.7 Å². The van der Waals surface area contributed by atoms with E-state index in [2.05, 4.69) is 30.8 Å². The third kappa shape index (κ3) is 2.98. The van der Waals surface area contributed by atoms with Crippen LogP contribution in [0.1, 0.15) is 11.3 Å². The molecule has 108 valence electrons. The van der Waals surface area contributed by atoms with Gasteiger partial charge in [-0.1, -0.05) is 11.6 Å². The average molecular weight is 380 g/mol. The van der Waals surface area contributed by atoms with Gasteiger partial charge in [0.1, 0.15) is 0 Å². The quantitative estimate of drug-likeness (QED) is 0.759. The predicted octanol–water partition coefficient (Wildman–Crippen LogP) is 2.39. The largest absolute Gasteiger partial charge is 0.326 e. The summed E-state index contributed by atoms with van der Waals surface area (Å²) in [5, 5.41) is 6.72. The van der Waals surface area contributed by atoms with E-state index in [-0.39, 0.29) is 11.6 Å². The summed E-state index contributed by atoms with van der Waals surface area (Å²) < 4.78 is 27.7. The Hall–Kier alpha value is -1.09. The zero-order valence-electron chi connectivity index (χ0n) is 10.4. The fraction of sp³-hybridized carbons (Fsp3) is 0.182. The van der Waals surface area contributed by atoms with E-state index in [1.54, 1.807) is 19.1 Å². The molecule has 0 radical (unpaired) electrons. The minimum Gasteiger partial charge on any atom is -0.326 e. The highest BCUT2D eigenvalue weighted by molar-refractivity contribution is 9.10. The van der Waals surface area contributed by atoms with Crippen LogP contribution in [0.2, 0.25) is 5.02 Å². The Morgan fingerprint density at radius 3 is 2.80 bits per heavy atom. The molecule has 0 amide bonds. The van der Waals surface area contributed by atoms with Crippen LogP contribution in [0.4, 0.5) is 5.69 Å². The summed E-state index contributed by atoms with van der Waals surface area (Å²) >= 11 is 9.16. The van der Waals surface area contributed by atoms with Gasteiger partial charge in [0.25, 0.3) is 10.0 Å². The molecule has 0 saturated carbocycles. The third-order valence-corrected chi connectivity index (χ3v) is 5.25. The maximum Gasteiger partial charge on any atom is 0.281 e. The molecule has 6 nitrogen and oxygen atoms in total. The zero-order valence-corrected chi connectivity index (χ0v) is 13.6. The van der Waals surface area contributed by atoms with Crippen LogP contribution in [-0.4, -0.2) is 18.6 Å². The summed E-state index contributed by atoms with van der Waals surface area (Å²) in [6, 6.07) is 4.75. The number of hydrogen-bond acceptors (Lipinski definition) is 4. The molecule has 0 fully saturated rings. The van der Waals surface area contributed by atoms with Crippen LogP contribution in [0.25, 0.3) is 0 Å².